The Balaban J connectivity index is 1.90. The molecule has 15 heavy (non-hydrogen) atoms. The van der Waals surface area contributed by atoms with Crippen molar-refractivity contribution in [1.82, 2.24) is 0 Å². The van der Waals surface area contributed by atoms with Gasteiger partial charge in [0.15, 0.2) is 0 Å². The zero-order valence-electron chi connectivity index (χ0n) is 9.84. The fourth-order valence-electron chi connectivity index (χ4n) is 4.99. The van der Waals surface area contributed by atoms with Gasteiger partial charge in [-0.3, -0.25) is 0 Å². The summed E-state index contributed by atoms with van der Waals surface area (Å²) < 4.78 is 0. The van der Waals surface area contributed by atoms with Crippen LogP contribution >= 0.6 is 0 Å². The summed E-state index contributed by atoms with van der Waals surface area (Å²) in [7, 11) is 0. The molecule has 0 aliphatic heterocycles. The Morgan fingerprint density at radius 2 is 1.53 bits per heavy atom. The van der Waals surface area contributed by atoms with Gasteiger partial charge in [0.1, 0.15) is 0 Å². The van der Waals surface area contributed by atoms with E-state index < -0.39 is 0 Å². The predicted molar refractivity (Wildman–Crippen MR) is 63.4 cm³/mol. The zero-order chi connectivity index (χ0) is 10.6. The van der Waals surface area contributed by atoms with Crippen LogP contribution in [0.3, 0.4) is 0 Å². The Kier molecular flexibility index (Phi) is 2.04. The fourth-order valence-corrected chi connectivity index (χ4v) is 4.99. The van der Waals surface area contributed by atoms with Crippen LogP contribution in [0.4, 0.5) is 0 Å². The number of nitrogens with two attached hydrogens (primary N) is 1. The van der Waals surface area contributed by atoms with Crippen LogP contribution in [0.2, 0.25) is 0 Å². The molecule has 84 valence electrons. The van der Waals surface area contributed by atoms with Crippen LogP contribution in [-0.2, 0) is 0 Å². The predicted octanol–water partition coefficient (Wildman–Crippen LogP) is 3.11. The molecule has 0 aromatic heterocycles. The molecular formula is C14H23N. The van der Waals surface area contributed by atoms with Crippen LogP contribution in [0.25, 0.3) is 0 Å². The molecule has 1 nitrogen and oxygen atoms in total. The van der Waals surface area contributed by atoms with Crippen molar-refractivity contribution < 1.29 is 0 Å². The first-order valence-corrected chi connectivity index (χ1v) is 6.54. The summed E-state index contributed by atoms with van der Waals surface area (Å²) >= 11 is 0. The molecule has 4 aliphatic carbocycles. The van der Waals surface area contributed by atoms with Crippen molar-refractivity contribution in [1.29, 1.82) is 0 Å². The third kappa shape index (κ3) is 1.39. The summed E-state index contributed by atoms with van der Waals surface area (Å²) in [6.07, 6.45) is 8.72. The lowest BCUT2D eigenvalue weighted by Crippen LogP contribution is -2.49. The smallest absolute Gasteiger partial charge is 0.0227 e. The van der Waals surface area contributed by atoms with Gasteiger partial charge in [-0.25, -0.2) is 0 Å². The largest absolute Gasteiger partial charge is 0.324 e. The van der Waals surface area contributed by atoms with Crippen LogP contribution in [0.1, 0.15) is 45.4 Å². The van der Waals surface area contributed by atoms with E-state index >= 15 is 0 Å². The van der Waals surface area contributed by atoms with Crippen molar-refractivity contribution in [3.8, 4) is 0 Å². The Bertz CT molecular complexity index is 254. The summed E-state index contributed by atoms with van der Waals surface area (Å²) in [6, 6.07) is 0.196. The van der Waals surface area contributed by atoms with Gasteiger partial charge < -0.3 is 5.73 Å². The lowest BCUT2D eigenvalue weighted by molar-refractivity contribution is -0.0325. The van der Waals surface area contributed by atoms with E-state index in [2.05, 4.69) is 13.5 Å². The topological polar surface area (TPSA) is 26.0 Å². The Morgan fingerprint density at radius 1 is 1.13 bits per heavy atom. The van der Waals surface area contributed by atoms with Gasteiger partial charge in [-0.05, 0) is 68.6 Å². The molecule has 2 N–H and O–H groups in total. The highest BCUT2D eigenvalue weighted by Crippen LogP contribution is 2.62. The van der Waals surface area contributed by atoms with Crippen molar-refractivity contribution >= 4 is 0 Å². The highest BCUT2D eigenvalue weighted by Gasteiger charge is 2.52. The standard InChI is InChI=1S/C14H23N/c1-9(10(2)15)14-6-11-3-12(7-14)5-13(4-11)8-14/h10-13H,1,3-8,15H2,2H3. The van der Waals surface area contributed by atoms with Gasteiger partial charge in [0.05, 0.1) is 0 Å². The van der Waals surface area contributed by atoms with Crippen LogP contribution in [0, 0.1) is 23.2 Å². The van der Waals surface area contributed by atoms with E-state index in [4.69, 9.17) is 5.73 Å². The number of hydrogen-bond donors (Lipinski definition) is 1. The summed E-state index contributed by atoms with van der Waals surface area (Å²) in [5.41, 5.74) is 7.88. The molecule has 1 heteroatoms. The molecule has 4 saturated carbocycles. The average molecular weight is 205 g/mol. The lowest BCUT2D eigenvalue weighted by Gasteiger charge is -2.58. The van der Waals surface area contributed by atoms with Crippen LogP contribution < -0.4 is 5.73 Å². The summed E-state index contributed by atoms with van der Waals surface area (Å²) in [4.78, 5) is 0. The SMILES string of the molecule is C=C(C(C)N)C12CC3CC(CC(C3)C1)C2. The minimum absolute atomic E-state index is 0.196. The second-order valence-electron chi connectivity index (χ2n) is 6.51. The molecule has 1 unspecified atom stereocenters. The van der Waals surface area contributed by atoms with Gasteiger partial charge in [0, 0.05) is 6.04 Å². The van der Waals surface area contributed by atoms with Crippen molar-refractivity contribution in [2.24, 2.45) is 28.9 Å². The summed E-state index contributed by atoms with van der Waals surface area (Å²) in [5, 5.41) is 0. The highest BCUT2D eigenvalue weighted by atomic mass is 14.7. The van der Waals surface area contributed by atoms with Crippen molar-refractivity contribution in [3.63, 3.8) is 0 Å². The summed E-state index contributed by atoms with van der Waals surface area (Å²) in [6.45, 7) is 6.43. The molecule has 4 fully saturated rings. The normalized spacial score (nSPS) is 49.3. The second kappa shape index (κ2) is 3.10. The molecule has 0 aromatic rings. The van der Waals surface area contributed by atoms with E-state index in [1.54, 1.807) is 0 Å². The van der Waals surface area contributed by atoms with E-state index in [0.29, 0.717) is 5.41 Å². The molecule has 0 spiro atoms. The molecule has 0 amide bonds. The van der Waals surface area contributed by atoms with Crippen molar-refractivity contribution in [2.75, 3.05) is 0 Å². The Hall–Kier alpha value is -0.300. The quantitative estimate of drug-likeness (QED) is 0.689. The van der Waals surface area contributed by atoms with E-state index in [1.807, 2.05) is 0 Å². The monoisotopic (exact) mass is 205 g/mol. The van der Waals surface area contributed by atoms with Gasteiger partial charge >= 0.3 is 0 Å². The maximum atomic E-state index is 6.06. The van der Waals surface area contributed by atoms with Gasteiger partial charge in [-0.1, -0.05) is 12.2 Å². The first-order valence-electron chi connectivity index (χ1n) is 6.54. The molecule has 4 rings (SSSR count). The maximum Gasteiger partial charge on any atom is 0.0227 e. The van der Waals surface area contributed by atoms with Crippen LogP contribution in [0.15, 0.2) is 12.2 Å². The summed E-state index contributed by atoms with van der Waals surface area (Å²) in [5.74, 6) is 3.02. The minimum atomic E-state index is 0.196. The van der Waals surface area contributed by atoms with Crippen LogP contribution in [-0.4, -0.2) is 6.04 Å². The van der Waals surface area contributed by atoms with Gasteiger partial charge in [-0.15, -0.1) is 0 Å². The molecule has 4 bridgehead atoms. The first kappa shape index (κ1) is 9.89. The van der Waals surface area contributed by atoms with E-state index in [0.717, 1.165) is 17.8 Å². The van der Waals surface area contributed by atoms with E-state index in [-0.39, 0.29) is 6.04 Å². The molecule has 1 atom stereocenters. The first-order chi connectivity index (χ1) is 7.09. The van der Waals surface area contributed by atoms with Crippen molar-refractivity contribution in [2.45, 2.75) is 51.5 Å². The molecule has 0 saturated heterocycles. The molecule has 4 aliphatic rings. The highest BCUT2D eigenvalue weighted by molar-refractivity contribution is 5.21. The molecular weight excluding hydrogens is 182 g/mol. The maximum absolute atomic E-state index is 6.06. The van der Waals surface area contributed by atoms with Crippen LogP contribution in [0.5, 0.6) is 0 Å². The average Bonchev–Trinajstić information content (AvgIpc) is 2.14. The third-order valence-corrected chi connectivity index (χ3v) is 5.27. The number of rotatable bonds is 2. The molecule has 0 radical (unpaired) electrons. The fraction of sp³-hybridized carbons (Fsp3) is 0.857. The van der Waals surface area contributed by atoms with Crippen molar-refractivity contribution in [3.05, 3.63) is 12.2 Å². The third-order valence-electron chi connectivity index (χ3n) is 5.27. The second-order valence-corrected chi connectivity index (χ2v) is 6.51. The van der Waals surface area contributed by atoms with Gasteiger partial charge in [0.25, 0.3) is 0 Å². The van der Waals surface area contributed by atoms with E-state index in [1.165, 1.54) is 44.1 Å². The van der Waals surface area contributed by atoms with E-state index in [9.17, 15) is 0 Å². The number of hydrogen-bond acceptors (Lipinski definition) is 1. The molecule has 0 aromatic carbocycles. The zero-order valence-corrected chi connectivity index (χ0v) is 9.84. The Labute approximate surface area is 93.1 Å². The lowest BCUT2D eigenvalue weighted by atomic mass is 9.47. The van der Waals surface area contributed by atoms with Gasteiger partial charge in [-0.2, -0.15) is 0 Å². The van der Waals surface area contributed by atoms with Gasteiger partial charge in [0.2, 0.25) is 0 Å². The Morgan fingerprint density at radius 3 is 1.87 bits per heavy atom. The minimum Gasteiger partial charge on any atom is -0.324 e. The molecule has 0 heterocycles.